The van der Waals surface area contributed by atoms with Gasteiger partial charge in [-0.3, -0.25) is 4.79 Å². The quantitative estimate of drug-likeness (QED) is 0.838. The van der Waals surface area contributed by atoms with Gasteiger partial charge in [0.2, 0.25) is 10.0 Å². The molecular formula is C12H14FNO3S. The largest absolute Gasteiger partial charge is 0.298 e. The predicted molar refractivity (Wildman–Crippen MR) is 64.0 cm³/mol. The van der Waals surface area contributed by atoms with Gasteiger partial charge >= 0.3 is 0 Å². The van der Waals surface area contributed by atoms with E-state index in [0.717, 1.165) is 12.1 Å². The lowest BCUT2D eigenvalue weighted by Gasteiger charge is -2.21. The molecule has 18 heavy (non-hydrogen) atoms. The summed E-state index contributed by atoms with van der Waals surface area (Å²) >= 11 is 0. The average Bonchev–Trinajstić information content (AvgIpc) is 2.79. The normalized spacial score (nSPS) is 21.1. The molecule has 1 aromatic carbocycles. The Labute approximate surface area is 105 Å². The lowest BCUT2D eigenvalue weighted by molar-refractivity contribution is -0.119. The number of hydrogen-bond acceptors (Lipinski definition) is 3. The highest BCUT2D eigenvalue weighted by atomic mass is 32.2. The lowest BCUT2D eigenvalue weighted by atomic mass is 10.2. The molecule has 1 unspecified atom stereocenters. The first kappa shape index (κ1) is 13.2. The minimum atomic E-state index is -3.70. The van der Waals surface area contributed by atoms with E-state index < -0.39 is 21.9 Å². The van der Waals surface area contributed by atoms with E-state index in [1.54, 1.807) is 0 Å². The molecule has 0 amide bonds. The summed E-state index contributed by atoms with van der Waals surface area (Å²) in [6, 6.07) is 4.07. The summed E-state index contributed by atoms with van der Waals surface area (Å²) in [7, 11) is -3.70. The zero-order chi connectivity index (χ0) is 13.3. The number of rotatable bonds is 3. The highest BCUT2D eigenvalue weighted by Gasteiger charge is 2.37. The second-order valence-electron chi connectivity index (χ2n) is 4.34. The van der Waals surface area contributed by atoms with Gasteiger partial charge in [-0.05, 0) is 44.0 Å². The molecule has 1 aliphatic rings. The number of Topliss-reactive ketones (excluding diaryl/α,β-unsaturated/α-hetero) is 1. The van der Waals surface area contributed by atoms with Gasteiger partial charge < -0.3 is 0 Å². The van der Waals surface area contributed by atoms with Crippen molar-refractivity contribution >= 4 is 15.8 Å². The molecular weight excluding hydrogens is 257 g/mol. The van der Waals surface area contributed by atoms with Gasteiger partial charge in [-0.15, -0.1) is 0 Å². The van der Waals surface area contributed by atoms with Gasteiger partial charge in [0.1, 0.15) is 11.6 Å². The maximum absolute atomic E-state index is 12.8. The van der Waals surface area contributed by atoms with Crippen LogP contribution in [0.5, 0.6) is 0 Å². The first-order valence-electron chi connectivity index (χ1n) is 5.71. The van der Waals surface area contributed by atoms with Gasteiger partial charge in [-0.1, -0.05) is 0 Å². The average molecular weight is 271 g/mol. The minimum absolute atomic E-state index is 0.0250. The van der Waals surface area contributed by atoms with Crippen LogP contribution in [0.4, 0.5) is 4.39 Å². The molecule has 1 atom stereocenters. The van der Waals surface area contributed by atoms with Crippen LogP contribution in [0, 0.1) is 5.82 Å². The van der Waals surface area contributed by atoms with Crippen molar-refractivity contribution in [2.45, 2.75) is 30.7 Å². The Bertz CT molecular complexity index is 553. The molecule has 0 aromatic heterocycles. The highest BCUT2D eigenvalue weighted by Crippen LogP contribution is 2.26. The van der Waals surface area contributed by atoms with Crippen molar-refractivity contribution in [2.24, 2.45) is 0 Å². The minimum Gasteiger partial charge on any atom is -0.298 e. The Kier molecular flexibility index (Phi) is 3.49. The summed E-state index contributed by atoms with van der Waals surface area (Å²) in [6.45, 7) is 1.73. The van der Waals surface area contributed by atoms with Gasteiger partial charge in [0.05, 0.1) is 10.9 Å². The van der Waals surface area contributed by atoms with Crippen LogP contribution < -0.4 is 0 Å². The molecule has 1 heterocycles. The zero-order valence-electron chi connectivity index (χ0n) is 9.97. The van der Waals surface area contributed by atoms with Crippen LogP contribution in [0.2, 0.25) is 0 Å². The topological polar surface area (TPSA) is 54.5 Å². The number of carbonyl (C=O) groups is 1. The molecule has 0 saturated carbocycles. The van der Waals surface area contributed by atoms with E-state index in [9.17, 15) is 17.6 Å². The monoisotopic (exact) mass is 271 g/mol. The first-order valence-corrected chi connectivity index (χ1v) is 7.15. The van der Waals surface area contributed by atoms with Crippen LogP contribution in [-0.2, 0) is 14.8 Å². The van der Waals surface area contributed by atoms with E-state index >= 15 is 0 Å². The van der Waals surface area contributed by atoms with Gasteiger partial charge in [-0.2, -0.15) is 4.31 Å². The van der Waals surface area contributed by atoms with E-state index in [0.29, 0.717) is 19.4 Å². The van der Waals surface area contributed by atoms with Gasteiger partial charge in [0.15, 0.2) is 0 Å². The first-order chi connectivity index (χ1) is 8.43. The van der Waals surface area contributed by atoms with Crippen molar-refractivity contribution in [2.75, 3.05) is 6.54 Å². The van der Waals surface area contributed by atoms with E-state index in [2.05, 4.69) is 0 Å². The molecule has 0 spiro atoms. The summed E-state index contributed by atoms with van der Waals surface area (Å²) in [6.07, 6.45) is 1.22. The zero-order valence-corrected chi connectivity index (χ0v) is 10.8. The van der Waals surface area contributed by atoms with Crippen molar-refractivity contribution in [1.29, 1.82) is 0 Å². The summed E-state index contributed by atoms with van der Waals surface area (Å²) in [5.41, 5.74) is 0. The summed E-state index contributed by atoms with van der Waals surface area (Å²) in [5.74, 6) is -0.642. The van der Waals surface area contributed by atoms with Gasteiger partial charge in [0.25, 0.3) is 0 Å². The van der Waals surface area contributed by atoms with Crippen LogP contribution in [0.25, 0.3) is 0 Å². The number of sulfonamides is 1. The third kappa shape index (κ3) is 2.30. The Balaban J connectivity index is 2.36. The van der Waals surface area contributed by atoms with Crippen LogP contribution in [0.15, 0.2) is 29.2 Å². The van der Waals surface area contributed by atoms with E-state index in [1.165, 1.54) is 23.4 Å². The number of halogens is 1. The molecule has 2 rings (SSSR count). The maximum atomic E-state index is 12.8. The molecule has 1 fully saturated rings. The summed E-state index contributed by atoms with van der Waals surface area (Å²) in [4.78, 5) is 11.4. The highest BCUT2D eigenvalue weighted by molar-refractivity contribution is 7.89. The van der Waals surface area contributed by atoms with E-state index in [4.69, 9.17) is 0 Å². The van der Waals surface area contributed by atoms with Crippen LogP contribution >= 0.6 is 0 Å². The SMILES string of the molecule is CC(=O)C1CCCN1S(=O)(=O)c1ccc(F)cc1. The molecule has 4 nitrogen and oxygen atoms in total. The van der Waals surface area contributed by atoms with E-state index in [1.807, 2.05) is 0 Å². The van der Waals surface area contributed by atoms with Gasteiger partial charge in [0, 0.05) is 6.54 Å². The molecule has 0 radical (unpaired) electrons. The van der Waals surface area contributed by atoms with Crippen LogP contribution in [-0.4, -0.2) is 31.1 Å². The summed E-state index contributed by atoms with van der Waals surface area (Å²) < 4.78 is 38.6. The number of nitrogens with zero attached hydrogens (tertiary/aromatic N) is 1. The molecule has 6 heteroatoms. The molecule has 1 aromatic rings. The maximum Gasteiger partial charge on any atom is 0.243 e. The fraction of sp³-hybridized carbons (Fsp3) is 0.417. The van der Waals surface area contributed by atoms with E-state index in [-0.39, 0.29) is 10.7 Å². The second-order valence-corrected chi connectivity index (χ2v) is 6.23. The smallest absolute Gasteiger partial charge is 0.243 e. The number of ketones is 1. The van der Waals surface area contributed by atoms with Crippen LogP contribution in [0.3, 0.4) is 0 Å². The van der Waals surface area contributed by atoms with Crippen LogP contribution in [0.1, 0.15) is 19.8 Å². The van der Waals surface area contributed by atoms with Gasteiger partial charge in [-0.25, -0.2) is 12.8 Å². The fourth-order valence-corrected chi connectivity index (χ4v) is 3.89. The third-order valence-electron chi connectivity index (χ3n) is 3.09. The Morgan fingerprint density at radius 2 is 1.94 bits per heavy atom. The lowest BCUT2D eigenvalue weighted by Crippen LogP contribution is -2.39. The second kappa shape index (κ2) is 4.78. The molecule has 1 aliphatic heterocycles. The number of carbonyl (C=O) groups excluding carboxylic acids is 1. The number of benzene rings is 1. The molecule has 0 bridgehead atoms. The Hall–Kier alpha value is -1.27. The standard InChI is InChI=1S/C12H14FNO3S/c1-9(15)12-3-2-8-14(12)18(16,17)11-6-4-10(13)5-7-11/h4-7,12H,2-3,8H2,1H3. The van der Waals surface area contributed by atoms with Crippen molar-refractivity contribution in [1.82, 2.24) is 4.31 Å². The fourth-order valence-electron chi connectivity index (χ4n) is 2.18. The molecule has 0 aliphatic carbocycles. The molecule has 1 saturated heterocycles. The number of hydrogen-bond donors (Lipinski definition) is 0. The third-order valence-corrected chi connectivity index (χ3v) is 5.02. The van der Waals surface area contributed by atoms with Crippen molar-refractivity contribution in [3.8, 4) is 0 Å². The van der Waals surface area contributed by atoms with Crippen molar-refractivity contribution in [3.63, 3.8) is 0 Å². The molecule has 0 N–H and O–H groups in total. The Morgan fingerprint density at radius 3 is 2.50 bits per heavy atom. The van der Waals surface area contributed by atoms with Crippen molar-refractivity contribution in [3.05, 3.63) is 30.1 Å². The molecule has 98 valence electrons. The Morgan fingerprint density at radius 1 is 1.33 bits per heavy atom. The predicted octanol–water partition coefficient (Wildman–Crippen LogP) is 1.57. The van der Waals surface area contributed by atoms with Crippen molar-refractivity contribution < 1.29 is 17.6 Å². The summed E-state index contributed by atoms with van der Waals surface area (Å²) in [5, 5.41) is 0.